The minimum atomic E-state index is -0.774. The normalized spacial score (nSPS) is 15.0. The van der Waals surface area contributed by atoms with Gasteiger partial charge in [0, 0.05) is 13.1 Å². The lowest BCUT2D eigenvalue weighted by molar-refractivity contribution is -0.134. The molecule has 0 saturated heterocycles. The number of hydrogen-bond acceptors (Lipinski definition) is 3. The maximum Gasteiger partial charge on any atom is 0.262 e. The Bertz CT molecular complexity index is 562. The molecule has 0 aliphatic carbocycles. The molecular weight excluding hydrogens is 280 g/mol. The molecule has 0 N–H and O–H groups in total. The van der Waals surface area contributed by atoms with E-state index < -0.39 is 6.04 Å². The quantitative estimate of drug-likeness (QED) is 0.758. The molecule has 5 nitrogen and oxygen atoms in total. The fraction of sp³-hybridized carbons (Fsp3) is 0.471. The minimum absolute atomic E-state index is 0.176. The van der Waals surface area contributed by atoms with Crippen molar-refractivity contribution in [2.75, 3.05) is 13.1 Å². The summed E-state index contributed by atoms with van der Waals surface area (Å²) in [6.07, 6.45) is 1.90. The summed E-state index contributed by atoms with van der Waals surface area (Å²) in [6.45, 7) is 6.82. The molecule has 0 aromatic heterocycles. The molecule has 118 valence electrons. The number of imide groups is 1. The summed E-state index contributed by atoms with van der Waals surface area (Å²) in [5, 5.41) is 0. The number of likely N-dealkylation sites (N-methyl/N-ethyl adjacent to an activating group) is 1. The molecule has 1 atom stereocenters. The van der Waals surface area contributed by atoms with Gasteiger partial charge in [-0.05, 0) is 32.4 Å². The smallest absolute Gasteiger partial charge is 0.262 e. The lowest BCUT2D eigenvalue weighted by Crippen LogP contribution is -2.49. The van der Waals surface area contributed by atoms with Crippen LogP contribution in [0.25, 0.3) is 0 Å². The average molecular weight is 302 g/mol. The third-order valence-electron chi connectivity index (χ3n) is 4.05. The van der Waals surface area contributed by atoms with E-state index >= 15 is 0 Å². The summed E-state index contributed by atoms with van der Waals surface area (Å²) in [7, 11) is 0. The molecule has 3 amide bonds. The van der Waals surface area contributed by atoms with E-state index in [1.807, 2.05) is 6.92 Å². The molecule has 1 aromatic carbocycles. The van der Waals surface area contributed by atoms with Gasteiger partial charge in [-0.15, -0.1) is 0 Å². The van der Waals surface area contributed by atoms with Gasteiger partial charge in [-0.3, -0.25) is 19.3 Å². The number of carbonyl (C=O) groups excluding carboxylic acids is 3. The summed E-state index contributed by atoms with van der Waals surface area (Å²) >= 11 is 0. The molecule has 1 aliphatic rings. The van der Waals surface area contributed by atoms with E-state index in [0.29, 0.717) is 24.2 Å². The van der Waals surface area contributed by atoms with Crippen LogP contribution in [0.1, 0.15) is 54.3 Å². The summed E-state index contributed by atoms with van der Waals surface area (Å²) < 4.78 is 0. The fourth-order valence-corrected chi connectivity index (χ4v) is 2.71. The summed E-state index contributed by atoms with van der Waals surface area (Å²) in [6, 6.07) is 5.92. The molecule has 5 heteroatoms. The number of amides is 3. The van der Waals surface area contributed by atoms with Crippen molar-refractivity contribution in [2.45, 2.75) is 39.7 Å². The number of benzene rings is 1. The molecule has 22 heavy (non-hydrogen) atoms. The van der Waals surface area contributed by atoms with Crippen molar-refractivity contribution in [1.29, 1.82) is 0 Å². The van der Waals surface area contributed by atoms with Crippen LogP contribution in [0.4, 0.5) is 0 Å². The highest BCUT2D eigenvalue weighted by molar-refractivity contribution is 6.22. The van der Waals surface area contributed by atoms with E-state index in [1.54, 1.807) is 36.1 Å². The highest BCUT2D eigenvalue weighted by Crippen LogP contribution is 2.25. The lowest BCUT2D eigenvalue weighted by atomic mass is 10.1. The second-order valence-electron chi connectivity index (χ2n) is 5.47. The van der Waals surface area contributed by atoms with Crippen LogP contribution in [0.15, 0.2) is 24.3 Å². The first-order valence-corrected chi connectivity index (χ1v) is 7.78. The first-order chi connectivity index (χ1) is 10.5. The number of nitrogens with zero attached hydrogens (tertiary/aromatic N) is 2. The van der Waals surface area contributed by atoms with Gasteiger partial charge in [0.1, 0.15) is 6.04 Å². The van der Waals surface area contributed by atoms with E-state index in [4.69, 9.17) is 0 Å². The van der Waals surface area contributed by atoms with E-state index in [0.717, 1.165) is 17.7 Å². The van der Waals surface area contributed by atoms with Crippen LogP contribution < -0.4 is 0 Å². The molecule has 1 heterocycles. The van der Waals surface area contributed by atoms with Gasteiger partial charge in [0.2, 0.25) is 5.91 Å². The predicted octanol–water partition coefficient (Wildman–Crippen LogP) is 2.32. The molecular formula is C17H22N2O3. The second-order valence-corrected chi connectivity index (χ2v) is 5.47. The number of rotatable bonds is 6. The van der Waals surface area contributed by atoms with E-state index in [-0.39, 0.29) is 17.7 Å². The van der Waals surface area contributed by atoms with Gasteiger partial charge in [0.25, 0.3) is 11.8 Å². The summed E-state index contributed by atoms with van der Waals surface area (Å²) in [5.41, 5.74) is 0.757. The van der Waals surface area contributed by atoms with Crippen molar-refractivity contribution >= 4 is 17.7 Å². The van der Waals surface area contributed by atoms with Gasteiger partial charge >= 0.3 is 0 Å². The van der Waals surface area contributed by atoms with Crippen molar-refractivity contribution in [3.8, 4) is 0 Å². The second kappa shape index (κ2) is 6.73. The number of unbranched alkanes of at least 4 members (excludes halogenated alkanes) is 1. The Hall–Kier alpha value is -2.17. The zero-order valence-corrected chi connectivity index (χ0v) is 13.3. The standard InChI is InChI=1S/C17H22N2O3/c1-4-6-11-18(5-2)15(20)12(3)19-16(21)13-9-7-8-10-14(13)17(19)22/h7-10,12H,4-6,11H2,1-3H3. The fourth-order valence-electron chi connectivity index (χ4n) is 2.71. The predicted molar refractivity (Wildman–Crippen MR) is 83.6 cm³/mol. The number of hydrogen-bond donors (Lipinski definition) is 0. The largest absolute Gasteiger partial charge is 0.341 e. The highest BCUT2D eigenvalue weighted by Gasteiger charge is 2.41. The van der Waals surface area contributed by atoms with Crippen molar-refractivity contribution in [2.24, 2.45) is 0 Å². The molecule has 1 unspecified atom stereocenters. The first-order valence-electron chi connectivity index (χ1n) is 7.78. The number of carbonyl (C=O) groups is 3. The van der Waals surface area contributed by atoms with Gasteiger partial charge in [-0.1, -0.05) is 25.5 Å². The highest BCUT2D eigenvalue weighted by atomic mass is 16.2. The van der Waals surface area contributed by atoms with Crippen LogP contribution >= 0.6 is 0 Å². The van der Waals surface area contributed by atoms with E-state index in [1.165, 1.54) is 0 Å². The molecule has 0 saturated carbocycles. The first kappa shape index (κ1) is 16.2. The number of fused-ring (bicyclic) bond motifs is 1. The van der Waals surface area contributed by atoms with Gasteiger partial charge in [0.15, 0.2) is 0 Å². The molecule has 0 radical (unpaired) electrons. The van der Waals surface area contributed by atoms with E-state index in [2.05, 4.69) is 6.92 Å². The molecule has 1 aromatic rings. The Morgan fingerprint density at radius 2 is 1.68 bits per heavy atom. The van der Waals surface area contributed by atoms with Gasteiger partial charge < -0.3 is 4.90 Å². The Labute approximate surface area is 130 Å². The topological polar surface area (TPSA) is 57.7 Å². The van der Waals surface area contributed by atoms with Crippen molar-refractivity contribution < 1.29 is 14.4 Å². The Kier molecular flexibility index (Phi) is 4.96. The SMILES string of the molecule is CCCCN(CC)C(=O)C(C)N1C(=O)c2ccccc2C1=O. The van der Waals surface area contributed by atoms with Crippen LogP contribution in [-0.2, 0) is 4.79 Å². The Morgan fingerprint density at radius 1 is 1.14 bits per heavy atom. The van der Waals surface area contributed by atoms with Crippen LogP contribution in [0, 0.1) is 0 Å². The van der Waals surface area contributed by atoms with Gasteiger partial charge in [-0.25, -0.2) is 0 Å². The zero-order valence-electron chi connectivity index (χ0n) is 13.3. The Balaban J connectivity index is 2.20. The Morgan fingerprint density at radius 3 is 2.14 bits per heavy atom. The monoisotopic (exact) mass is 302 g/mol. The molecule has 2 rings (SSSR count). The van der Waals surface area contributed by atoms with Crippen molar-refractivity contribution in [1.82, 2.24) is 9.80 Å². The molecule has 1 aliphatic heterocycles. The lowest BCUT2D eigenvalue weighted by Gasteiger charge is -2.28. The molecule has 0 spiro atoms. The molecule has 0 bridgehead atoms. The maximum absolute atomic E-state index is 12.6. The maximum atomic E-state index is 12.6. The van der Waals surface area contributed by atoms with Crippen molar-refractivity contribution in [3.63, 3.8) is 0 Å². The summed E-state index contributed by atoms with van der Waals surface area (Å²) in [4.78, 5) is 40.2. The molecule has 0 fully saturated rings. The summed E-state index contributed by atoms with van der Waals surface area (Å²) in [5.74, 6) is -0.938. The zero-order chi connectivity index (χ0) is 16.3. The third-order valence-corrected chi connectivity index (χ3v) is 4.05. The van der Waals surface area contributed by atoms with Crippen LogP contribution in [0.5, 0.6) is 0 Å². The van der Waals surface area contributed by atoms with Crippen LogP contribution in [-0.4, -0.2) is 46.7 Å². The van der Waals surface area contributed by atoms with Gasteiger partial charge in [-0.2, -0.15) is 0 Å². The van der Waals surface area contributed by atoms with E-state index in [9.17, 15) is 14.4 Å². The van der Waals surface area contributed by atoms with Gasteiger partial charge in [0.05, 0.1) is 11.1 Å². The minimum Gasteiger partial charge on any atom is -0.341 e. The average Bonchev–Trinajstić information content (AvgIpc) is 2.79. The van der Waals surface area contributed by atoms with Crippen molar-refractivity contribution in [3.05, 3.63) is 35.4 Å². The van der Waals surface area contributed by atoms with Crippen LogP contribution in [0.3, 0.4) is 0 Å². The third kappa shape index (κ3) is 2.75. The van der Waals surface area contributed by atoms with Crippen LogP contribution in [0.2, 0.25) is 0 Å².